The number of nitrogens with zero attached hydrogens (tertiary/aromatic N) is 1. The number of carbonyl (C=O) groups is 1. The number of carbonyl (C=O) groups excluding carboxylic acids is 1. The number of anilines is 1. The molecule has 0 aliphatic rings. The molecule has 3 nitrogen and oxygen atoms in total. The molecule has 0 saturated heterocycles. The Morgan fingerprint density at radius 1 is 1.14 bits per heavy atom. The lowest BCUT2D eigenvalue weighted by Crippen LogP contribution is -2.15. The Balaban J connectivity index is 2.02. The highest BCUT2D eigenvalue weighted by Gasteiger charge is 2.13. The number of benzene rings is 1. The van der Waals surface area contributed by atoms with Gasteiger partial charge in [0, 0.05) is 24.5 Å². The summed E-state index contributed by atoms with van der Waals surface area (Å²) in [5.74, 6) is 0.585. The molecule has 2 aromatic rings. The van der Waals surface area contributed by atoms with Gasteiger partial charge < -0.3 is 5.32 Å². The maximum Gasteiger partial charge on any atom is 0.224 e. The second kappa shape index (κ2) is 7.02. The topological polar surface area (TPSA) is 42.0 Å². The van der Waals surface area contributed by atoms with Gasteiger partial charge in [-0.1, -0.05) is 45.0 Å². The summed E-state index contributed by atoms with van der Waals surface area (Å²) < 4.78 is 0. The van der Waals surface area contributed by atoms with Crippen molar-refractivity contribution >= 4 is 11.6 Å². The molecule has 1 aromatic heterocycles. The van der Waals surface area contributed by atoms with E-state index in [-0.39, 0.29) is 11.8 Å². The van der Waals surface area contributed by atoms with E-state index in [9.17, 15) is 4.79 Å². The molecule has 110 valence electrons. The zero-order valence-corrected chi connectivity index (χ0v) is 12.8. The van der Waals surface area contributed by atoms with E-state index in [0.717, 1.165) is 11.3 Å². The maximum absolute atomic E-state index is 12.2. The normalized spacial score (nSPS) is 12.2. The smallest absolute Gasteiger partial charge is 0.224 e. The molecule has 0 radical (unpaired) electrons. The van der Waals surface area contributed by atoms with Gasteiger partial charge in [0.2, 0.25) is 5.91 Å². The first-order valence-electron chi connectivity index (χ1n) is 7.36. The predicted octanol–water partition coefficient (Wildman–Crippen LogP) is 4.34. The van der Waals surface area contributed by atoms with Crippen LogP contribution in [-0.2, 0) is 4.79 Å². The van der Waals surface area contributed by atoms with Gasteiger partial charge >= 0.3 is 0 Å². The molecule has 1 atom stereocenters. The third-order valence-electron chi connectivity index (χ3n) is 3.60. The minimum atomic E-state index is 0.0412. The Labute approximate surface area is 126 Å². The fourth-order valence-corrected chi connectivity index (χ4v) is 2.38. The van der Waals surface area contributed by atoms with E-state index in [1.165, 1.54) is 5.56 Å². The van der Waals surface area contributed by atoms with Crippen LogP contribution >= 0.6 is 0 Å². The Morgan fingerprint density at radius 3 is 2.57 bits per heavy atom. The van der Waals surface area contributed by atoms with E-state index in [1.807, 2.05) is 43.5 Å². The van der Waals surface area contributed by atoms with Gasteiger partial charge in [-0.05, 0) is 35.1 Å². The van der Waals surface area contributed by atoms with E-state index in [2.05, 4.69) is 30.2 Å². The van der Waals surface area contributed by atoms with Gasteiger partial charge in [-0.15, -0.1) is 0 Å². The molecule has 0 aliphatic heterocycles. The van der Waals surface area contributed by atoms with Crippen LogP contribution < -0.4 is 5.32 Å². The van der Waals surface area contributed by atoms with Gasteiger partial charge in [0.25, 0.3) is 0 Å². The lowest BCUT2D eigenvalue weighted by atomic mass is 9.98. The highest BCUT2D eigenvalue weighted by molar-refractivity contribution is 5.92. The minimum absolute atomic E-state index is 0.0412. The molecule has 1 N–H and O–H groups in total. The Bertz CT molecular complexity index is 593. The molecule has 1 amide bonds. The molecule has 0 bridgehead atoms. The van der Waals surface area contributed by atoms with E-state index >= 15 is 0 Å². The molecule has 1 unspecified atom stereocenters. The Hall–Kier alpha value is -2.16. The lowest BCUT2D eigenvalue weighted by molar-refractivity contribution is -0.116. The van der Waals surface area contributed by atoms with Gasteiger partial charge in [0.05, 0.1) is 0 Å². The Kier molecular flexibility index (Phi) is 5.09. The highest BCUT2D eigenvalue weighted by atomic mass is 16.1. The van der Waals surface area contributed by atoms with E-state index in [0.29, 0.717) is 12.3 Å². The number of aromatic nitrogens is 1. The van der Waals surface area contributed by atoms with Crippen molar-refractivity contribution in [1.82, 2.24) is 4.98 Å². The molecule has 2 rings (SSSR count). The van der Waals surface area contributed by atoms with Gasteiger partial charge in [-0.3, -0.25) is 9.78 Å². The molecule has 1 heterocycles. The van der Waals surface area contributed by atoms with E-state index in [1.54, 1.807) is 6.20 Å². The maximum atomic E-state index is 12.2. The van der Waals surface area contributed by atoms with E-state index in [4.69, 9.17) is 0 Å². The van der Waals surface area contributed by atoms with E-state index < -0.39 is 0 Å². The zero-order chi connectivity index (χ0) is 15.2. The number of hydrogen-bond acceptors (Lipinski definition) is 2. The van der Waals surface area contributed by atoms with Crippen molar-refractivity contribution in [1.29, 1.82) is 0 Å². The van der Waals surface area contributed by atoms with Gasteiger partial charge in [-0.25, -0.2) is 0 Å². The molecule has 3 heteroatoms. The summed E-state index contributed by atoms with van der Waals surface area (Å²) in [4.78, 5) is 16.3. The highest BCUT2D eigenvalue weighted by Crippen LogP contribution is 2.25. The summed E-state index contributed by atoms with van der Waals surface area (Å²) in [5.41, 5.74) is 3.17. The number of pyridine rings is 1. The summed E-state index contributed by atoms with van der Waals surface area (Å²) in [5, 5.41) is 3.03. The van der Waals surface area contributed by atoms with Crippen LogP contribution in [0.1, 0.15) is 50.2 Å². The fourth-order valence-electron chi connectivity index (χ4n) is 2.38. The second-order valence-corrected chi connectivity index (χ2v) is 5.68. The number of hydrogen-bond donors (Lipinski definition) is 1. The molecular weight excluding hydrogens is 260 g/mol. The fraction of sp³-hybridized carbons (Fsp3) is 0.333. The van der Waals surface area contributed by atoms with Crippen molar-refractivity contribution in [2.45, 2.75) is 39.0 Å². The third kappa shape index (κ3) is 4.15. The van der Waals surface area contributed by atoms with Crippen molar-refractivity contribution in [2.75, 3.05) is 5.32 Å². The van der Waals surface area contributed by atoms with Crippen molar-refractivity contribution in [2.24, 2.45) is 0 Å². The number of para-hydroxylation sites is 1. The SMILES string of the molecule is CC(C)c1ccccc1NC(=O)CC(C)c1cccnc1. The average molecular weight is 282 g/mol. The predicted molar refractivity (Wildman–Crippen MR) is 86.4 cm³/mol. The molecule has 0 saturated carbocycles. The average Bonchev–Trinajstić information content (AvgIpc) is 2.48. The number of amides is 1. The van der Waals surface area contributed by atoms with Gasteiger partial charge in [0.1, 0.15) is 0 Å². The summed E-state index contributed by atoms with van der Waals surface area (Å²) in [6.45, 7) is 6.30. The zero-order valence-electron chi connectivity index (χ0n) is 12.8. The van der Waals surface area contributed by atoms with Crippen LogP contribution in [0.4, 0.5) is 5.69 Å². The van der Waals surface area contributed by atoms with Crippen LogP contribution in [0.5, 0.6) is 0 Å². The van der Waals surface area contributed by atoms with Crippen LogP contribution in [0.3, 0.4) is 0 Å². The van der Waals surface area contributed by atoms with Crippen LogP contribution in [0.15, 0.2) is 48.8 Å². The molecule has 0 fully saturated rings. The summed E-state index contributed by atoms with van der Waals surface area (Å²) in [6.07, 6.45) is 4.02. The van der Waals surface area contributed by atoms with Crippen molar-refractivity contribution in [3.63, 3.8) is 0 Å². The molecule has 21 heavy (non-hydrogen) atoms. The number of nitrogens with one attached hydrogen (secondary N) is 1. The van der Waals surface area contributed by atoms with Crippen LogP contribution in [-0.4, -0.2) is 10.9 Å². The molecular formula is C18H22N2O. The van der Waals surface area contributed by atoms with Crippen LogP contribution in [0.2, 0.25) is 0 Å². The summed E-state index contributed by atoms with van der Waals surface area (Å²) in [6, 6.07) is 11.9. The van der Waals surface area contributed by atoms with Gasteiger partial charge in [-0.2, -0.15) is 0 Å². The standard InChI is InChI=1S/C18H22N2O/c1-13(2)16-8-4-5-9-17(16)20-18(21)11-14(3)15-7-6-10-19-12-15/h4-10,12-14H,11H2,1-3H3,(H,20,21). The van der Waals surface area contributed by atoms with Crippen molar-refractivity contribution in [3.8, 4) is 0 Å². The monoisotopic (exact) mass is 282 g/mol. The lowest BCUT2D eigenvalue weighted by Gasteiger charge is -2.15. The number of rotatable bonds is 5. The van der Waals surface area contributed by atoms with Crippen LogP contribution in [0, 0.1) is 0 Å². The van der Waals surface area contributed by atoms with Gasteiger partial charge in [0.15, 0.2) is 0 Å². The first-order chi connectivity index (χ1) is 10.1. The molecule has 0 aliphatic carbocycles. The largest absolute Gasteiger partial charge is 0.326 e. The summed E-state index contributed by atoms with van der Waals surface area (Å²) in [7, 11) is 0. The van der Waals surface area contributed by atoms with Crippen molar-refractivity contribution in [3.05, 3.63) is 59.9 Å². The second-order valence-electron chi connectivity index (χ2n) is 5.68. The quantitative estimate of drug-likeness (QED) is 0.886. The van der Waals surface area contributed by atoms with Crippen LogP contribution in [0.25, 0.3) is 0 Å². The minimum Gasteiger partial charge on any atom is -0.326 e. The molecule has 0 spiro atoms. The first kappa shape index (κ1) is 15.2. The third-order valence-corrected chi connectivity index (χ3v) is 3.60. The summed E-state index contributed by atoms with van der Waals surface area (Å²) >= 11 is 0. The van der Waals surface area contributed by atoms with Crippen molar-refractivity contribution < 1.29 is 4.79 Å². The molecule has 1 aromatic carbocycles. The Morgan fingerprint density at radius 2 is 1.90 bits per heavy atom. The first-order valence-corrected chi connectivity index (χ1v) is 7.36.